The van der Waals surface area contributed by atoms with E-state index in [0.717, 1.165) is 18.5 Å². The predicted molar refractivity (Wildman–Crippen MR) is 80.7 cm³/mol. The molecule has 0 aliphatic heterocycles. The van der Waals surface area contributed by atoms with E-state index in [1.807, 2.05) is 19.1 Å². The predicted octanol–water partition coefficient (Wildman–Crippen LogP) is 4.83. The first-order chi connectivity index (χ1) is 10.2. The zero-order valence-corrected chi connectivity index (χ0v) is 12.4. The highest BCUT2D eigenvalue weighted by Crippen LogP contribution is 2.26. The van der Waals surface area contributed by atoms with Gasteiger partial charge < -0.3 is 10.1 Å². The van der Waals surface area contributed by atoms with E-state index < -0.39 is 6.61 Å². The Bertz CT molecular complexity index is 474. The van der Waals surface area contributed by atoms with Gasteiger partial charge in [-0.05, 0) is 51.6 Å². The van der Waals surface area contributed by atoms with E-state index in [-0.39, 0.29) is 11.8 Å². The molecule has 1 N–H and O–H groups in total. The summed E-state index contributed by atoms with van der Waals surface area (Å²) in [5.74, 6) is 0.254. The molecule has 2 nitrogen and oxygen atoms in total. The molecular weight excluding hydrogens is 272 g/mol. The van der Waals surface area contributed by atoms with Gasteiger partial charge in [0.25, 0.3) is 0 Å². The van der Waals surface area contributed by atoms with Gasteiger partial charge >= 0.3 is 6.61 Å². The molecule has 1 aromatic rings. The molecule has 1 aromatic carbocycles. The maximum Gasteiger partial charge on any atom is 0.387 e. The van der Waals surface area contributed by atoms with Crippen molar-refractivity contribution >= 4 is 0 Å². The first kappa shape index (κ1) is 16.0. The van der Waals surface area contributed by atoms with E-state index in [2.05, 4.69) is 16.1 Å². The van der Waals surface area contributed by atoms with Crippen LogP contribution in [0.15, 0.2) is 35.9 Å². The minimum Gasteiger partial charge on any atom is -0.434 e. The number of halogens is 2. The van der Waals surface area contributed by atoms with Crippen molar-refractivity contribution in [2.75, 3.05) is 6.54 Å². The molecule has 0 heterocycles. The van der Waals surface area contributed by atoms with Gasteiger partial charge in [0, 0.05) is 11.6 Å². The average Bonchev–Trinajstić information content (AvgIpc) is 2.48. The fourth-order valence-electron chi connectivity index (χ4n) is 2.73. The van der Waals surface area contributed by atoms with Crippen molar-refractivity contribution < 1.29 is 13.5 Å². The molecule has 0 bridgehead atoms. The van der Waals surface area contributed by atoms with Crippen LogP contribution in [0.1, 0.15) is 50.6 Å². The minimum atomic E-state index is -2.79. The molecular formula is C17H23F2NO. The summed E-state index contributed by atoms with van der Waals surface area (Å²) in [6, 6.07) is 6.96. The quantitative estimate of drug-likeness (QED) is 0.727. The summed E-state index contributed by atoms with van der Waals surface area (Å²) < 4.78 is 29.4. The maximum absolute atomic E-state index is 12.4. The Kier molecular flexibility index (Phi) is 6.18. The highest BCUT2D eigenvalue weighted by atomic mass is 19.3. The Hall–Kier alpha value is -1.42. The van der Waals surface area contributed by atoms with E-state index in [0.29, 0.717) is 0 Å². The zero-order chi connectivity index (χ0) is 15.1. The number of benzene rings is 1. The average molecular weight is 295 g/mol. The summed E-state index contributed by atoms with van der Waals surface area (Å²) in [4.78, 5) is 0. The van der Waals surface area contributed by atoms with Gasteiger partial charge in [-0.15, -0.1) is 0 Å². The third-order valence-electron chi connectivity index (χ3n) is 3.88. The van der Waals surface area contributed by atoms with Crippen LogP contribution >= 0.6 is 0 Å². The summed E-state index contributed by atoms with van der Waals surface area (Å²) in [7, 11) is 0. The van der Waals surface area contributed by atoms with Crippen LogP contribution < -0.4 is 10.1 Å². The fourth-order valence-corrected chi connectivity index (χ4v) is 2.73. The third-order valence-corrected chi connectivity index (χ3v) is 3.88. The Balaban J connectivity index is 1.87. The fraction of sp³-hybridized carbons (Fsp3) is 0.529. The first-order valence-electron chi connectivity index (χ1n) is 7.62. The number of ether oxygens (including phenoxy) is 1. The number of hydrogen-bond acceptors (Lipinski definition) is 2. The van der Waals surface area contributed by atoms with Gasteiger partial charge in [0.15, 0.2) is 0 Å². The summed E-state index contributed by atoms with van der Waals surface area (Å²) in [6.45, 7) is 0.0459. The Morgan fingerprint density at radius 3 is 2.76 bits per heavy atom. The van der Waals surface area contributed by atoms with Gasteiger partial charge in [-0.2, -0.15) is 8.78 Å². The van der Waals surface area contributed by atoms with Crippen molar-refractivity contribution in [3.8, 4) is 5.75 Å². The topological polar surface area (TPSA) is 21.3 Å². The lowest BCUT2D eigenvalue weighted by atomic mass is 9.97. The molecule has 1 unspecified atom stereocenters. The monoisotopic (exact) mass is 295 g/mol. The maximum atomic E-state index is 12.4. The lowest BCUT2D eigenvalue weighted by Gasteiger charge is -2.19. The van der Waals surface area contributed by atoms with Crippen LogP contribution in [-0.2, 0) is 0 Å². The highest BCUT2D eigenvalue weighted by Gasteiger charge is 2.14. The summed E-state index contributed by atoms with van der Waals surface area (Å²) in [5, 5.41) is 3.39. The molecule has 0 radical (unpaired) electrons. The highest BCUT2D eigenvalue weighted by molar-refractivity contribution is 5.35. The number of alkyl halides is 2. The second-order valence-corrected chi connectivity index (χ2v) is 5.45. The zero-order valence-electron chi connectivity index (χ0n) is 12.4. The van der Waals surface area contributed by atoms with E-state index in [4.69, 9.17) is 0 Å². The summed E-state index contributed by atoms with van der Waals surface area (Å²) >= 11 is 0. The second kappa shape index (κ2) is 8.13. The van der Waals surface area contributed by atoms with Crippen molar-refractivity contribution in [3.05, 3.63) is 41.5 Å². The van der Waals surface area contributed by atoms with Gasteiger partial charge in [0.1, 0.15) is 5.75 Å². The van der Waals surface area contributed by atoms with Crippen molar-refractivity contribution in [2.24, 2.45) is 0 Å². The lowest BCUT2D eigenvalue weighted by molar-refractivity contribution is -0.0506. The Morgan fingerprint density at radius 2 is 2.05 bits per heavy atom. The largest absolute Gasteiger partial charge is 0.434 e. The molecule has 4 heteroatoms. The van der Waals surface area contributed by atoms with Gasteiger partial charge in [0.05, 0.1) is 0 Å². The van der Waals surface area contributed by atoms with Crippen LogP contribution in [0.5, 0.6) is 5.75 Å². The Morgan fingerprint density at radius 1 is 1.24 bits per heavy atom. The minimum absolute atomic E-state index is 0.0101. The SMILES string of the molecule is CC(NCCC1=CCCCC1)c1ccccc1OC(F)F. The summed E-state index contributed by atoms with van der Waals surface area (Å²) in [5.41, 5.74) is 2.29. The second-order valence-electron chi connectivity index (χ2n) is 5.45. The third kappa shape index (κ3) is 5.12. The number of hydrogen-bond donors (Lipinski definition) is 1. The molecule has 2 rings (SSSR count). The van der Waals surface area contributed by atoms with Gasteiger partial charge in [-0.25, -0.2) is 0 Å². The molecule has 0 spiro atoms. The summed E-state index contributed by atoms with van der Waals surface area (Å²) in [6.07, 6.45) is 8.33. The van der Waals surface area contributed by atoms with E-state index in [1.165, 1.54) is 31.3 Å². The molecule has 116 valence electrons. The number of allylic oxidation sites excluding steroid dienone is 1. The van der Waals surface area contributed by atoms with Crippen LogP contribution in [0, 0.1) is 0 Å². The van der Waals surface area contributed by atoms with E-state index in [1.54, 1.807) is 12.1 Å². The molecule has 0 saturated heterocycles. The van der Waals surface area contributed by atoms with E-state index in [9.17, 15) is 8.78 Å². The van der Waals surface area contributed by atoms with Crippen LogP contribution in [-0.4, -0.2) is 13.2 Å². The molecule has 21 heavy (non-hydrogen) atoms. The number of rotatable bonds is 7. The molecule has 0 amide bonds. The normalized spacial score (nSPS) is 16.7. The Labute approximate surface area is 125 Å². The molecule has 1 atom stereocenters. The van der Waals surface area contributed by atoms with Crippen molar-refractivity contribution in [1.82, 2.24) is 5.32 Å². The first-order valence-corrected chi connectivity index (χ1v) is 7.62. The van der Waals surface area contributed by atoms with Crippen molar-refractivity contribution in [3.63, 3.8) is 0 Å². The molecule has 1 aliphatic rings. The van der Waals surface area contributed by atoms with Crippen molar-refractivity contribution in [1.29, 1.82) is 0 Å². The molecule has 1 aliphatic carbocycles. The molecule has 0 aromatic heterocycles. The van der Waals surface area contributed by atoms with Crippen molar-refractivity contribution in [2.45, 2.75) is 51.7 Å². The van der Waals surface area contributed by atoms with Gasteiger partial charge in [0.2, 0.25) is 0 Å². The van der Waals surface area contributed by atoms with Crippen LogP contribution in [0.3, 0.4) is 0 Å². The van der Waals surface area contributed by atoms with Crippen LogP contribution in [0.2, 0.25) is 0 Å². The smallest absolute Gasteiger partial charge is 0.387 e. The standard InChI is InChI=1S/C17H23F2NO/c1-13(20-12-11-14-7-3-2-4-8-14)15-9-5-6-10-16(15)21-17(18)19/h5-7,9-10,13,17,20H,2-4,8,11-12H2,1H3. The number of para-hydroxylation sites is 1. The van der Waals surface area contributed by atoms with Gasteiger partial charge in [-0.1, -0.05) is 29.8 Å². The van der Waals surface area contributed by atoms with E-state index >= 15 is 0 Å². The molecule has 0 saturated carbocycles. The van der Waals surface area contributed by atoms with Crippen LogP contribution in [0.25, 0.3) is 0 Å². The number of nitrogens with one attached hydrogen (secondary N) is 1. The lowest BCUT2D eigenvalue weighted by Crippen LogP contribution is -2.21. The van der Waals surface area contributed by atoms with Crippen LogP contribution in [0.4, 0.5) is 8.78 Å². The van der Waals surface area contributed by atoms with Gasteiger partial charge in [-0.3, -0.25) is 0 Å². The molecule has 0 fully saturated rings.